The van der Waals surface area contributed by atoms with Crippen LogP contribution in [0.4, 0.5) is 17.1 Å². The zero-order chi connectivity index (χ0) is 40.3. The third-order valence-electron chi connectivity index (χ3n) is 12.0. The lowest BCUT2D eigenvalue weighted by Gasteiger charge is -2.27. The van der Waals surface area contributed by atoms with Crippen LogP contribution >= 0.6 is 11.3 Å². The average Bonchev–Trinajstić information content (AvgIpc) is 3.90. The molecule has 2 nitrogen and oxygen atoms in total. The number of fused-ring (bicyclic) bond motifs is 7. The molecule has 0 N–H and O–H groups in total. The van der Waals surface area contributed by atoms with E-state index in [0.29, 0.717) is 0 Å². The number of rotatable bonds is 7. The molecule has 0 aliphatic rings. The number of hydrogen-bond acceptors (Lipinski definition) is 3. The standard InChI is InChI=1S/C58H37NOS/c1-4-15-38(16-5-1)41-23-14-24-47(34-41)59(48-27-30-55-51(37-48)50-25-12-13-26-54(50)60-55)53-29-28-49(58-57(53)52-35-42-21-10-11-22-43(42)36-56(52)61-58)46-32-44(39-17-6-2-7-18-39)31-45(33-46)40-19-8-3-9-20-40/h1-37H. The van der Waals surface area contributed by atoms with Gasteiger partial charge in [-0.3, -0.25) is 0 Å². The Balaban J connectivity index is 1.16. The van der Waals surface area contributed by atoms with E-state index in [1.807, 2.05) is 17.4 Å². The Hall–Kier alpha value is -7.72. The second-order valence-corrected chi connectivity index (χ2v) is 16.7. The molecule has 0 atom stereocenters. The molecule has 61 heavy (non-hydrogen) atoms. The van der Waals surface area contributed by atoms with Crippen LogP contribution in [0.1, 0.15) is 0 Å². The first-order valence-electron chi connectivity index (χ1n) is 20.7. The zero-order valence-electron chi connectivity index (χ0n) is 33.1. The van der Waals surface area contributed by atoms with Gasteiger partial charge in [0.1, 0.15) is 11.2 Å². The average molecular weight is 796 g/mol. The van der Waals surface area contributed by atoms with Gasteiger partial charge in [-0.05, 0) is 128 Å². The highest BCUT2D eigenvalue weighted by atomic mass is 32.1. The van der Waals surface area contributed by atoms with Crippen LogP contribution in [0.15, 0.2) is 229 Å². The Morgan fingerprint density at radius 1 is 0.344 bits per heavy atom. The number of furan rings is 1. The van der Waals surface area contributed by atoms with E-state index in [1.165, 1.54) is 69.9 Å². The van der Waals surface area contributed by atoms with Crippen molar-refractivity contribution >= 4 is 81.3 Å². The molecule has 10 aromatic carbocycles. The van der Waals surface area contributed by atoms with Gasteiger partial charge in [-0.2, -0.15) is 0 Å². The van der Waals surface area contributed by atoms with Gasteiger partial charge in [-0.15, -0.1) is 11.3 Å². The molecule has 12 aromatic rings. The Labute approximate surface area is 357 Å². The summed E-state index contributed by atoms with van der Waals surface area (Å²) in [6, 6.07) is 81.4. The fourth-order valence-corrected chi connectivity index (χ4v) is 10.4. The maximum Gasteiger partial charge on any atom is 0.135 e. The minimum Gasteiger partial charge on any atom is -0.456 e. The molecular formula is C58H37NOS. The SMILES string of the molecule is c1ccc(-c2cc(-c3ccccc3)cc(-c3ccc(N(c4cccc(-c5ccccc5)c4)c4ccc5oc6ccccc6c5c4)c4c3sc3cc5ccccc5cc34)c2)cc1. The summed E-state index contributed by atoms with van der Waals surface area (Å²) >= 11 is 1.89. The fourth-order valence-electron chi connectivity index (χ4n) is 9.07. The monoisotopic (exact) mass is 795 g/mol. The van der Waals surface area contributed by atoms with Gasteiger partial charge in [0.05, 0.1) is 5.69 Å². The fraction of sp³-hybridized carbons (Fsp3) is 0. The number of hydrogen-bond donors (Lipinski definition) is 0. The Kier molecular flexibility index (Phi) is 8.39. The minimum absolute atomic E-state index is 0.878. The summed E-state index contributed by atoms with van der Waals surface area (Å²) in [4.78, 5) is 2.46. The van der Waals surface area contributed by atoms with Crippen molar-refractivity contribution in [1.29, 1.82) is 0 Å². The van der Waals surface area contributed by atoms with Gasteiger partial charge >= 0.3 is 0 Å². The van der Waals surface area contributed by atoms with Crippen LogP contribution in [0.3, 0.4) is 0 Å². The van der Waals surface area contributed by atoms with E-state index in [0.717, 1.165) is 44.6 Å². The van der Waals surface area contributed by atoms with Crippen LogP contribution in [0.2, 0.25) is 0 Å². The number of anilines is 3. The molecule has 12 rings (SSSR count). The largest absolute Gasteiger partial charge is 0.456 e. The molecule has 0 amide bonds. The smallest absolute Gasteiger partial charge is 0.135 e. The molecule has 0 unspecified atom stereocenters. The molecule has 0 saturated heterocycles. The van der Waals surface area contributed by atoms with Gasteiger partial charge in [0, 0.05) is 42.3 Å². The summed E-state index contributed by atoms with van der Waals surface area (Å²) in [5.41, 5.74) is 14.6. The predicted octanol–water partition coefficient (Wildman–Crippen LogP) is 17.2. The summed E-state index contributed by atoms with van der Waals surface area (Å²) in [7, 11) is 0. The normalized spacial score (nSPS) is 11.6. The van der Waals surface area contributed by atoms with Gasteiger partial charge in [0.15, 0.2) is 0 Å². The first kappa shape index (κ1) is 35.2. The van der Waals surface area contributed by atoms with Crippen molar-refractivity contribution in [3.63, 3.8) is 0 Å². The topological polar surface area (TPSA) is 16.4 Å². The molecule has 0 saturated carbocycles. The van der Waals surface area contributed by atoms with E-state index in [4.69, 9.17) is 4.42 Å². The van der Waals surface area contributed by atoms with Crippen LogP contribution in [0.5, 0.6) is 0 Å². The summed E-state index contributed by atoms with van der Waals surface area (Å²) in [6.07, 6.45) is 0. The molecule has 3 heteroatoms. The first-order valence-corrected chi connectivity index (χ1v) is 21.5. The van der Waals surface area contributed by atoms with Crippen LogP contribution < -0.4 is 4.90 Å². The molecule has 2 heterocycles. The molecule has 0 fully saturated rings. The Bertz CT molecular complexity index is 3530. The van der Waals surface area contributed by atoms with Crippen molar-refractivity contribution in [2.75, 3.05) is 4.90 Å². The lowest BCUT2D eigenvalue weighted by molar-refractivity contribution is 0.669. The highest BCUT2D eigenvalue weighted by Gasteiger charge is 2.23. The van der Waals surface area contributed by atoms with Gasteiger partial charge in [-0.25, -0.2) is 0 Å². The first-order chi connectivity index (χ1) is 30.2. The summed E-state index contributed by atoms with van der Waals surface area (Å²) in [5, 5.41) is 7.16. The number of benzene rings is 10. The van der Waals surface area contributed by atoms with Crippen molar-refractivity contribution in [2.24, 2.45) is 0 Å². The maximum absolute atomic E-state index is 6.36. The number of nitrogens with zero attached hydrogens (tertiary/aromatic N) is 1. The second kappa shape index (κ2) is 14.5. The van der Waals surface area contributed by atoms with E-state index in [1.54, 1.807) is 0 Å². The van der Waals surface area contributed by atoms with Crippen molar-refractivity contribution in [3.8, 4) is 44.5 Å². The third-order valence-corrected chi connectivity index (χ3v) is 13.2. The highest BCUT2D eigenvalue weighted by Crippen LogP contribution is 2.50. The minimum atomic E-state index is 0.878. The number of thiophene rings is 1. The predicted molar refractivity (Wildman–Crippen MR) is 261 cm³/mol. The van der Waals surface area contributed by atoms with Crippen LogP contribution in [-0.2, 0) is 0 Å². The van der Waals surface area contributed by atoms with Crippen molar-refractivity contribution in [2.45, 2.75) is 0 Å². The van der Waals surface area contributed by atoms with E-state index in [-0.39, 0.29) is 0 Å². The molecule has 286 valence electrons. The van der Waals surface area contributed by atoms with E-state index in [9.17, 15) is 0 Å². The molecular weight excluding hydrogens is 759 g/mol. The molecule has 0 aliphatic carbocycles. The molecule has 0 bridgehead atoms. The van der Waals surface area contributed by atoms with Gasteiger partial charge in [-0.1, -0.05) is 152 Å². The summed E-state index contributed by atoms with van der Waals surface area (Å²) in [6.45, 7) is 0. The molecule has 0 radical (unpaired) electrons. The van der Waals surface area contributed by atoms with Crippen LogP contribution in [0.25, 0.3) is 97.4 Å². The Morgan fingerprint density at radius 3 is 1.64 bits per heavy atom. The third kappa shape index (κ3) is 6.18. The van der Waals surface area contributed by atoms with E-state index in [2.05, 4.69) is 223 Å². The molecule has 2 aromatic heterocycles. The summed E-state index contributed by atoms with van der Waals surface area (Å²) < 4.78 is 8.88. The second-order valence-electron chi connectivity index (χ2n) is 15.7. The van der Waals surface area contributed by atoms with Crippen molar-refractivity contribution < 1.29 is 4.42 Å². The quantitative estimate of drug-likeness (QED) is 0.160. The van der Waals surface area contributed by atoms with Crippen LogP contribution in [0, 0.1) is 0 Å². The Morgan fingerprint density at radius 2 is 0.918 bits per heavy atom. The lowest BCUT2D eigenvalue weighted by Crippen LogP contribution is -2.10. The van der Waals surface area contributed by atoms with Gasteiger partial charge in [0.25, 0.3) is 0 Å². The molecule has 0 spiro atoms. The van der Waals surface area contributed by atoms with E-state index < -0.39 is 0 Å². The lowest BCUT2D eigenvalue weighted by atomic mass is 9.92. The van der Waals surface area contributed by atoms with Gasteiger partial charge < -0.3 is 9.32 Å². The van der Waals surface area contributed by atoms with Crippen LogP contribution in [-0.4, -0.2) is 0 Å². The maximum atomic E-state index is 6.36. The van der Waals surface area contributed by atoms with E-state index >= 15 is 0 Å². The number of para-hydroxylation sites is 1. The summed E-state index contributed by atoms with van der Waals surface area (Å²) in [5.74, 6) is 0. The highest BCUT2D eigenvalue weighted by molar-refractivity contribution is 7.26. The molecule has 0 aliphatic heterocycles. The van der Waals surface area contributed by atoms with Crippen molar-refractivity contribution in [3.05, 3.63) is 224 Å². The zero-order valence-corrected chi connectivity index (χ0v) is 33.9. The van der Waals surface area contributed by atoms with Crippen molar-refractivity contribution in [1.82, 2.24) is 0 Å². The van der Waals surface area contributed by atoms with Gasteiger partial charge in [0.2, 0.25) is 0 Å².